The van der Waals surface area contributed by atoms with Crippen molar-refractivity contribution in [3.8, 4) is 51.0 Å². The first-order valence-electron chi connectivity index (χ1n) is 19.5. The highest BCUT2D eigenvalue weighted by Crippen LogP contribution is 2.41. The fourth-order valence-corrected chi connectivity index (χ4v) is 8.71. The highest BCUT2D eigenvalue weighted by atomic mass is 15.2. The molecular formula is C52H32N6. The molecule has 8 aromatic carbocycles. The summed E-state index contributed by atoms with van der Waals surface area (Å²) in [5.41, 5.74) is 12.4. The van der Waals surface area contributed by atoms with Crippen LogP contribution >= 0.6 is 0 Å². The number of hydrogen-bond acceptors (Lipinski definition) is 4. The molecule has 0 aliphatic rings. The van der Waals surface area contributed by atoms with E-state index in [0.29, 0.717) is 17.6 Å². The molecule has 12 aromatic rings. The van der Waals surface area contributed by atoms with E-state index in [1.54, 1.807) is 0 Å². The molecule has 0 saturated carbocycles. The van der Waals surface area contributed by atoms with Crippen LogP contribution in [0.5, 0.6) is 0 Å². The molecule has 58 heavy (non-hydrogen) atoms. The van der Waals surface area contributed by atoms with Gasteiger partial charge in [0, 0.05) is 32.7 Å². The zero-order chi connectivity index (χ0) is 38.2. The van der Waals surface area contributed by atoms with Crippen LogP contribution in [0.3, 0.4) is 0 Å². The Morgan fingerprint density at radius 3 is 1.53 bits per heavy atom. The second kappa shape index (κ2) is 12.8. The molecule has 6 heteroatoms. The Morgan fingerprint density at radius 1 is 0.328 bits per heavy atom. The molecule has 0 aliphatic carbocycles. The van der Waals surface area contributed by atoms with Crippen LogP contribution in [0, 0.1) is 0 Å². The summed E-state index contributed by atoms with van der Waals surface area (Å²) in [4.78, 5) is 21.2. The molecule has 270 valence electrons. The van der Waals surface area contributed by atoms with Gasteiger partial charge >= 0.3 is 0 Å². The molecular weight excluding hydrogens is 709 g/mol. The van der Waals surface area contributed by atoms with Gasteiger partial charge in [-0.1, -0.05) is 158 Å². The number of fused-ring (bicyclic) bond motifs is 12. The van der Waals surface area contributed by atoms with Gasteiger partial charge in [-0.15, -0.1) is 0 Å². The molecule has 0 atom stereocenters. The number of hydrogen-bond donors (Lipinski definition) is 0. The molecule has 0 N–H and O–H groups in total. The molecule has 0 aliphatic heterocycles. The van der Waals surface area contributed by atoms with Crippen molar-refractivity contribution < 1.29 is 0 Å². The molecule has 0 fully saturated rings. The van der Waals surface area contributed by atoms with Gasteiger partial charge in [-0.2, -0.15) is 9.97 Å². The Kier molecular flexibility index (Phi) is 7.13. The van der Waals surface area contributed by atoms with Crippen molar-refractivity contribution in [1.82, 2.24) is 28.9 Å². The lowest BCUT2D eigenvalue weighted by atomic mass is 10.0. The first-order valence-corrected chi connectivity index (χ1v) is 19.5. The number of nitrogens with zero attached hydrogens (tertiary/aromatic N) is 6. The highest BCUT2D eigenvalue weighted by Gasteiger charge is 2.23. The maximum atomic E-state index is 5.40. The minimum absolute atomic E-state index is 0.550. The lowest BCUT2D eigenvalue weighted by molar-refractivity contribution is 0.955. The summed E-state index contributed by atoms with van der Waals surface area (Å²) in [6.07, 6.45) is 0. The topological polar surface area (TPSA) is 60.9 Å². The van der Waals surface area contributed by atoms with Gasteiger partial charge in [-0.25, -0.2) is 9.97 Å². The van der Waals surface area contributed by atoms with Crippen LogP contribution in [0.25, 0.3) is 111 Å². The van der Waals surface area contributed by atoms with E-state index in [2.05, 4.69) is 191 Å². The van der Waals surface area contributed by atoms with Crippen molar-refractivity contribution in [2.75, 3.05) is 0 Å². The van der Waals surface area contributed by atoms with Gasteiger partial charge < -0.3 is 0 Å². The van der Waals surface area contributed by atoms with Crippen molar-refractivity contribution in [1.29, 1.82) is 0 Å². The zero-order valence-corrected chi connectivity index (χ0v) is 31.2. The second-order valence-electron chi connectivity index (χ2n) is 14.7. The van der Waals surface area contributed by atoms with Gasteiger partial charge in [0.2, 0.25) is 5.95 Å². The van der Waals surface area contributed by atoms with Gasteiger partial charge in [0.1, 0.15) is 5.65 Å². The summed E-state index contributed by atoms with van der Waals surface area (Å²) in [5, 5.41) is 5.57. The number of para-hydroxylation sites is 3. The van der Waals surface area contributed by atoms with Crippen molar-refractivity contribution in [2.45, 2.75) is 0 Å². The standard InChI is InChI=1S/C52H32N6/c1-3-15-33(16-4-1)35-19-13-21-37(31-35)49-54-50(38-22-14-20-36(32-38)34-17-5-2-6-18-34)56-52(55-49)58-44-27-11-9-23-39(44)41-29-30-46-47(48(41)58)40-24-7-8-25-42(40)51-53-43-26-10-12-28-45(43)57(46)51/h1-32H. The second-order valence-corrected chi connectivity index (χ2v) is 14.7. The van der Waals surface area contributed by atoms with Crippen molar-refractivity contribution in [2.24, 2.45) is 0 Å². The maximum Gasteiger partial charge on any atom is 0.238 e. The van der Waals surface area contributed by atoms with Crippen molar-refractivity contribution in [3.63, 3.8) is 0 Å². The Bertz CT molecular complexity index is 3470. The number of imidazole rings is 1. The Morgan fingerprint density at radius 2 is 0.862 bits per heavy atom. The number of rotatable bonds is 5. The highest BCUT2D eigenvalue weighted by molar-refractivity contribution is 6.27. The average molecular weight is 741 g/mol. The third-order valence-electron chi connectivity index (χ3n) is 11.3. The molecule has 6 nitrogen and oxygen atoms in total. The summed E-state index contributed by atoms with van der Waals surface area (Å²) >= 11 is 0. The molecule has 12 rings (SSSR count). The average Bonchev–Trinajstić information content (AvgIpc) is 3.86. The fraction of sp³-hybridized carbons (Fsp3) is 0. The first-order chi connectivity index (χ1) is 28.8. The number of aromatic nitrogens is 6. The predicted octanol–water partition coefficient (Wildman–Crippen LogP) is 12.7. The largest absolute Gasteiger partial charge is 0.292 e. The van der Waals surface area contributed by atoms with Gasteiger partial charge in [-0.3, -0.25) is 8.97 Å². The monoisotopic (exact) mass is 740 g/mol. The molecule has 0 saturated heterocycles. The molecule has 4 aromatic heterocycles. The minimum Gasteiger partial charge on any atom is -0.292 e. The quantitative estimate of drug-likeness (QED) is 0.165. The van der Waals surface area contributed by atoms with Crippen molar-refractivity contribution >= 4 is 60.2 Å². The Balaban J connectivity index is 1.20. The molecule has 0 bridgehead atoms. The molecule has 0 amide bonds. The fourth-order valence-electron chi connectivity index (χ4n) is 8.71. The third kappa shape index (κ3) is 4.98. The lowest BCUT2D eigenvalue weighted by Gasteiger charge is -2.14. The van der Waals surface area contributed by atoms with E-state index in [4.69, 9.17) is 19.9 Å². The van der Waals surface area contributed by atoms with E-state index in [0.717, 1.165) is 93.5 Å². The van der Waals surface area contributed by atoms with Crippen LogP contribution in [0.1, 0.15) is 0 Å². The van der Waals surface area contributed by atoms with Crippen LogP contribution in [-0.4, -0.2) is 28.9 Å². The van der Waals surface area contributed by atoms with Gasteiger partial charge in [0.15, 0.2) is 11.6 Å². The molecule has 0 unspecified atom stereocenters. The number of benzene rings is 8. The van der Waals surface area contributed by atoms with Gasteiger partial charge in [0.25, 0.3) is 0 Å². The van der Waals surface area contributed by atoms with Gasteiger partial charge in [-0.05, 0) is 64.0 Å². The van der Waals surface area contributed by atoms with Crippen molar-refractivity contribution in [3.05, 3.63) is 194 Å². The van der Waals surface area contributed by atoms with E-state index in [9.17, 15) is 0 Å². The molecule has 0 radical (unpaired) electrons. The number of pyridine rings is 1. The normalized spacial score (nSPS) is 11.8. The predicted molar refractivity (Wildman–Crippen MR) is 237 cm³/mol. The summed E-state index contributed by atoms with van der Waals surface area (Å²) in [6.45, 7) is 0. The van der Waals surface area contributed by atoms with Crippen LogP contribution in [0.4, 0.5) is 0 Å². The summed E-state index contributed by atoms with van der Waals surface area (Å²) < 4.78 is 4.56. The van der Waals surface area contributed by atoms with E-state index in [1.165, 1.54) is 0 Å². The van der Waals surface area contributed by atoms with E-state index in [-0.39, 0.29) is 0 Å². The third-order valence-corrected chi connectivity index (χ3v) is 11.3. The van der Waals surface area contributed by atoms with Gasteiger partial charge in [0.05, 0.1) is 27.6 Å². The molecule has 0 spiro atoms. The van der Waals surface area contributed by atoms with E-state index >= 15 is 0 Å². The smallest absolute Gasteiger partial charge is 0.238 e. The zero-order valence-electron chi connectivity index (χ0n) is 31.2. The minimum atomic E-state index is 0.550. The first kappa shape index (κ1) is 32.3. The van der Waals surface area contributed by atoms with Crippen LogP contribution < -0.4 is 0 Å². The summed E-state index contributed by atoms with van der Waals surface area (Å²) in [7, 11) is 0. The Hall–Kier alpha value is -7.96. The summed E-state index contributed by atoms with van der Waals surface area (Å²) in [5.74, 6) is 1.75. The van der Waals surface area contributed by atoms with Crippen LogP contribution in [-0.2, 0) is 0 Å². The van der Waals surface area contributed by atoms with E-state index < -0.39 is 0 Å². The Labute approximate surface area is 333 Å². The lowest BCUT2D eigenvalue weighted by Crippen LogP contribution is -2.07. The molecule has 4 heterocycles. The summed E-state index contributed by atoms with van der Waals surface area (Å²) in [6, 6.07) is 67.9. The SMILES string of the molecule is c1ccc(-c2cccc(-c3nc(-c4cccc(-c5ccccc5)c4)nc(-n4c5ccccc5c5ccc6c(c7ccccc7c7nc8ccccc8n67)c54)n3)c2)cc1. The van der Waals surface area contributed by atoms with Crippen LogP contribution in [0.15, 0.2) is 194 Å². The maximum absolute atomic E-state index is 5.40. The van der Waals surface area contributed by atoms with Crippen LogP contribution in [0.2, 0.25) is 0 Å². The van der Waals surface area contributed by atoms with E-state index in [1.807, 2.05) is 12.1 Å².